The summed E-state index contributed by atoms with van der Waals surface area (Å²) in [6, 6.07) is 16.7. The number of carboxylic acids is 1. The maximum Gasteiger partial charge on any atom is 0.321 e. The molecule has 0 bridgehead atoms. The minimum Gasteiger partial charge on any atom is -0.480 e. The molecule has 0 spiro atoms. The Hall–Kier alpha value is -1.84. The summed E-state index contributed by atoms with van der Waals surface area (Å²) in [5.74, 6) is -0.640. The monoisotopic (exact) mass is 317 g/mol. The maximum atomic E-state index is 11.4. The number of nitrogens with one attached hydrogen (secondary N) is 1. The van der Waals surface area contributed by atoms with Crippen molar-refractivity contribution in [2.24, 2.45) is 0 Å². The van der Waals surface area contributed by atoms with Crippen molar-refractivity contribution in [3.05, 3.63) is 70.7 Å². The standard InChI is InChI=1S/C18H20ClNO2/c1-13(15-8-5-9-16(19)11-15)12-20-17(18(21)22)10-14-6-3-2-4-7-14/h2-9,11,13,17,20H,10,12H2,1H3,(H,21,22)/t13?,17-/m1/s1. The van der Waals surface area contributed by atoms with Gasteiger partial charge in [0.15, 0.2) is 0 Å². The molecule has 4 heteroatoms. The van der Waals surface area contributed by atoms with Crippen molar-refractivity contribution in [1.29, 1.82) is 0 Å². The van der Waals surface area contributed by atoms with Gasteiger partial charge in [0, 0.05) is 11.6 Å². The van der Waals surface area contributed by atoms with Gasteiger partial charge in [-0.2, -0.15) is 0 Å². The van der Waals surface area contributed by atoms with Crippen LogP contribution in [0.2, 0.25) is 5.02 Å². The number of aliphatic carboxylic acids is 1. The first kappa shape index (κ1) is 16.5. The van der Waals surface area contributed by atoms with Gasteiger partial charge < -0.3 is 10.4 Å². The van der Waals surface area contributed by atoms with E-state index in [2.05, 4.69) is 12.2 Å². The zero-order valence-electron chi connectivity index (χ0n) is 12.5. The van der Waals surface area contributed by atoms with Gasteiger partial charge in [0.1, 0.15) is 6.04 Å². The molecule has 2 aromatic carbocycles. The Kier molecular flexibility index (Phi) is 5.99. The van der Waals surface area contributed by atoms with Crippen molar-refractivity contribution < 1.29 is 9.90 Å². The predicted molar refractivity (Wildman–Crippen MR) is 89.4 cm³/mol. The first-order chi connectivity index (χ1) is 10.6. The van der Waals surface area contributed by atoms with Crippen molar-refractivity contribution in [2.45, 2.75) is 25.3 Å². The minimum absolute atomic E-state index is 0.191. The van der Waals surface area contributed by atoms with E-state index in [0.717, 1.165) is 11.1 Å². The Morgan fingerprint density at radius 1 is 1.18 bits per heavy atom. The summed E-state index contributed by atoms with van der Waals surface area (Å²) >= 11 is 5.99. The van der Waals surface area contributed by atoms with Gasteiger partial charge in [-0.3, -0.25) is 4.79 Å². The highest BCUT2D eigenvalue weighted by molar-refractivity contribution is 6.30. The van der Waals surface area contributed by atoms with Gasteiger partial charge in [-0.1, -0.05) is 61.0 Å². The summed E-state index contributed by atoms with van der Waals surface area (Å²) in [6.45, 7) is 2.64. The van der Waals surface area contributed by atoms with E-state index in [1.54, 1.807) is 0 Å². The lowest BCUT2D eigenvalue weighted by Crippen LogP contribution is -2.40. The molecule has 2 N–H and O–H groups in total. The molecule has 3 nitrogen and oxygen atoms in total. The van der Waals surface area contributed by atoms with Crippen LogP contribution in [0.5, 0.6) is 0 Å². The third kappa shape index (κ3) is 4.86. The second kappa shape index (κ2) is 7.97. The van der Waals surface area contributed by atoms with E-state index < -0.39 is 12.0 Å². The summed E-state index contributed by atoms with van der Waals surface area (Å²) in [7, 11) is 0. The molecule has 0 saturated heterocycles. The molecular weight excluding hydrogens is 298 g/mol. The van der Waals surface area contributed by atoms with Crippen molar-refractivity contribution >= 4 is 17.6 Å². The molecule has 0 fully saturated rings. The fourth-order valence-corrected chi connectivity index (χ4v) is 2.55. The molecule has 0 aliphatic rings. The Balaban J connectivity index is 1.95. The number of hydrogen-bond donors (Lipinski definition) is 2. The van der Waals surface area contributed by atoms with Crippen LogP contribution < -0.4 is 5.32 Å². The van der Waals surface area contributed by atoms with Crippen LogP contribution >= 0.6 is 11.6 Å². The molecule has 0 aliphatic carbocycles. The molecule has 2 aromatic rings. The molecule has 2 rings (SSSR count). The molecule has 0 heterocycles. The van der Waals surface area contributed by atoms with Crippen LogP contribution in [0.25, 0.3) is 0 Å². The van der Waals surface area contributed by atoms with E-state index in [9.17, 15) is 9.90 Å². The van der Waals surface area contributed by atoms with Crippen molar-refractivity contribution in [2.75, 3.05) is 6.54 Å². The van der Waals surface area contributed by atoms with Gasteiger partial charge in [0.25, 0.3) is 0 Å². The highest BCUT2D eigenvalue weighted by Crippen LogP contribution is 2.19. The zero-order valence-corrected chi connectivity index (χ0v) is 13.3. The van der Waals surface area contributed by atoms with Crippen molar-refractivity contribution in [1.82, 2.24) is 5.32 Å². The number of rotatable bonds is 7. The molecule has 0 amide bonds. The Morgan fingerprint density at radius 2 is 1.91 bits per heavy atom. The molecule has 116 valence electrons. The normalized spacial score (nSPS) is 13.5. The maximum absolute atomic E-state index is 11.4. The lowest BCUT2D eigenvalue weighted by Gasteiger charge is -2.18. The van der Waals surface area contributed by atoms with E-state index in [1.165, 1.54) is 0 Å². The second-order valence-corrected chi connectivity index (χ2v) is 5.88. The number of benzene rings is 2. The first-order valence-corrected chi connectivity index (χ1v) is 7.69. The average molecular weight is 318 g/mol. The highest BCUT2D eigenvalue weighted by Gasteiger charge is 2.18. The summed E-state index contributed by atoms with van der Waals surface area (Å²) in [6.07, 6.45) is 0.471. The highest BCUT2D eigenvalue weighted by atomic mass is 35.5. The molecule has 0 aromatic heterocycles. The van der Waals surface area contributed by atoms with Gasteiger partial charge >= 0.3 is 5.97 Å². The molecule has 1 unspecified atom stereocenters. The predicted octanol–water partition coefficient (Wildman–Crippen LogP) is 3.73. The molecule has 0 saturated carbocycles. The third-order valence-corrected chi connectivity index (χ3v) is 3.90. The number of carboxylic acid groups (broad SMARTS) is 1. The van der Waals surface area contributed by atoms with Crippen LogP contribution in [0.15, 0.2) is 54.6 Å². The van der Waals surface area contributed by atoms with E-state index >= 15 is 0 Å². The van der Waals surface area contributed by atoms with Crippen LogP contribution in [-0.4, -0.2) is 23.7 Å². The summed E-state index contributed by atoms with van der Waals surface area (Å²) < 4.78 is 0. The zero-order chi connectivity index (χ0) is 15.9. The van der Waals surface area contributed by atoms with Crippen LogP contribution in [-0.2, 0) is 11.2 Å². The topological polar surface area (TPSA) is 49.3 Å². The smallest absolute Gasteiger partial charge is 0.321 e. The third-order valence-electron chi connectivity index (χ3n) is 3.67. The van der Waals surface area contributed by atoms with E-state index in [0.29, 0.717) is 18.0 Å². The summed E-state index contributed by atoms with van der Waals surface area (Å²) in [4.78, 5) is 11.4. The van der Waals surface area contributed by atoms with E-state index in [-0.39, 0.29) is 5.92 Å². The van der Waals surface area contributed by atoms with Crippen molar-refractivity contribution in [3.63, 3.8) is 0 Å². The van der Waals surface area contributed by atoms with Gasteiger partial charge in [0.2, 0.25) is 0 Å². The SMILES string of the molecule is CC(CN[C@H](Cc1ccccc1)C(=O)O)c1cccc(Cl)c1. The van der Waals surface area contributed by atoms with Gasteiger partial charge in [0.05, 0.1) is 0 Å². The average Bonchev–Trinajstić information content (AvgIpc) is 2.51. The first-order valence-electron chi connectivity index (χ1n) is 7.32. The van der Waals surface area contributed by atoms with E-state index in [4.69, 9.17) is 11.6 Å². The van der Waals surface area contributed by atoms with E-state index in [1.807, 2.05) is 54.6 Å². The Labute approximate surface area is 135 Å². The molecule has 0 aliphatic heterocycles. The quantitative estimate of drug-likeness (QED) is 0.818. The Morgan fingerprint density at radius 3 is 2.55 bits per heavy atom. The van der Waals surface area contributed by atoms with Gasteiger partial charge in [-0.25, -0.2) is 0 Å². The van der Waals surface area contributed by atoms with Crippen molar-refractivity contribution in [3.8, 4) is 0 Å². The van der Waals surface area contributed by atoms with Crippen LogP contribution in [0.3, 0.4) is 0 Å². The summed E-state index contributed by atoms with van der Waals surface area (Å²) in [5, 5.41) is 13.2. The second-order valence-electron chi connectivity index (χ2n) is 5.44. The fourth-order valence-electron chi connectivity index (χ4n) is 2.35. The molecular formula is C18H20ClNO2. The largest absolute Gasteiger partial charge is 0.480 e. The van der Waals surface area contributed by atoms with Crippen LogP contribution in [0, 0.1) is 0 Å². The molecule has 0 radical (unpaired) electrons. The van der Waals surface area contributed by atoms with Gasteiger partial charge in [-0.15, -0.1) is 0 Å². The summed E-state index contributed by atoms with van der Waals surface area (Å²) in [5.41, 5.74) is 2.11. The number of hydrogen-bond acceptors (Lipinski definition) is 2. The molecule has 22 heavy (non-hydrogen) atoms. The lowest BCUT2D eigenvalue weighted by molar-refractivity contribution is -0.139. The van der Waals surface area contributed by atoms with Crippen LogP contribution in [0.4, 0.5) is 0 Å². The van der Waals surface area contributed by atoms with Crippen LogP contribution in [0.1, 0.15) is 24.0 Å². The number of halogens is 1. The Bertz CT molecular complexity index is 615. The molecule has 2 atom stereocenters. The minimum atomic E-state index is -0.831. The van der Waals surface area contributed by atoms with Gasteiger partial charge in [-0.05, 0) is 35.6 Å². The lowest BCUT2D eigenvalue weighted by atomic mass is 10.00. The number of carbonyl (C=O) groups is 1. The fraction of sp³-hybridized carbons (Fsp3) is 0.278.